The lowest BCUT2D eigenvalue weighted by molar-refractivity contribution is -0.115. The van der Waals surface area contributed by atoms with Crippen LogP contribution < -0.4 is 10.2 Å². The maximum absolute atomic E-state index is 13.6. The zero-order chi connectivity index (χ0) is 18.0. The average Bonchev–Trinajstić information content (AvgIpc) is 2.99. The van der Waals surface area contributed by atoms with E-state index in [4.69, 9.17) is 4.42 Å². The molecule has 5 nitrogen and oxygen atoms in total. The molecule has 0 saturated heterocycles. The highest BCUT2D eigenvalue weighted by Crippen LogP contribution is 2.23. The highest BCUT2D eigenvalue weighted by molar-refractivity contribution is 5.94. The third-order valence-electron chi connectivity index (χ3n) is 3.55. The van der Waals surface area contributed by atoms with Crippen LogP contribution in [0.4, 0.5) is 24.9 Å². The monoisotopic (exact) mass is 349 g/mol. The van der Waals surface area contributed by atoms with Crippen molar-refractivity contribution in [2.24, 2.45) is 0 Å². The van der Waals surface area contributed by atoms with Gasteiger partial charge in [0.05, 0.1) is 0 Å². The van der Waals surface area contributed by atoms with E-state index < -0.39 is 29.0 Å². The van der Waals surface area contributed by atoms with Gasteiger partial charge in [0.1, 0.15) is 35.2 Å². The van der Waals surface area contributed by atoms with E-state index in [9.17, 15) is 18.0 Å². The average molecular weight is 349 g/mol. The number of halogens is 3. The third-order valence-corrected chi connectivity index (χ3v) is 3.55. The molecule has 0 saturated carbocycles. The Morgan fingerprint density at radius 1 is 1.20 bits per heavy atom. The summed E-state index contributed by atoms with van der Waals surface area (Å²) in [6.45, 7) is 1.87. The van der Waals surface area contributed by atoms with Crippen molar-refractivity contribution >= 4 is 28.7 Å². The van der Waals surface area contributed by atoms with Gasteiger partial charge in [-0.1, -0.05) is 6.07 Å². The number of benzene rings is 2. The van der Waals surface area contributed by atoms with E-state index in [1.807, 2.05) is 0 Å². The fourth-order valence-corrected chi connectivity index (χ4v) is 2.31. The summed E-state index contributed by atoms with van der Waals surface area (Å²) in [5.74, 6) is -2.83. The normalized spacial score (nSPS) is 10.9. The first-order valence-corrected chi connectivity index (χ1v) is 7.53. The molecule has 0 aliphatic heterocycles. The first kappa shape index (κ1) is 16.8. The second-order valence-corrected chi connectivity index (χ2v) is 5.27. The fraction of sp³-hybridized carbons (Fsp3) is 0.176. The lowest BCUT2D eigenvalue weighted by atomic mass is 10.3. The molecule has 2 aromatic carbocycles. The largest absolute Gasteiger partial charge is 0.423 e. The fourth-order valence-electron chi connectivity index (χ4n) is 2.31. The molecule has 3 rings (SSSR count). The highest BCUT2D eigenvalue weighted by Gasteiger charge is 2.18. The molecule has 0 aliphatic carbocycles. The SMILES string of the molecule is CCN(CC(=O)Nc1c(F)cccc1F)c1nc2cc(F)ccc2o1. The number of hydrogen-bond acceptors (Lipinski definition) is 4. The van der Waals surface area contributed by atoms with Crippen LogP contribution in [0.1, 0.15) is 6.92 Å². The van der Waals surface area contributed by atoms with E-state index in [-0.39, 0.29) is 12.6 Å². The van der Waals surface area contributed by atoms with Crippen LogP contribution in [-0.2, 0) is 4.79 Å². The van der Waals surface area contributed by atoms with Crippen LogP contribution in [0.3, 0.4) is 0 Å². The van der Waals surface area contributed by atoms with Crippen molar-refractivity contribution in [3.63, 3.8) is 0 Å². The van der Waals surface area contributed by atoms with Gasteiger partial charge in [-0.05, 0) is 31.2 Å². The predicted octanol–water partition coefficient (Wildman–Crippen LogP) is 3.71. The van der Waals surface area contributed by atoms with Crippen molar-refractivity contribution in [1.82, 2.24) is 4.98 Å². The van der Waals surface area contributed by atoms with Gasteiger partial charge >= 0.3 is 0 Å². The predicted molar refractivity (Wildman–Crippen MR) is 86.8 cm³/mol. The molecule has 25 heavy (non-hydrogen) atoms. The standard InChI is InChI=1S/C17H14F3N3O2/c1-2-23(17-21-13-8-10(18)6-7-14(13)25-17)9-15(24)22-16-11(19)4-3-5-12(16)20/h3-8H,2,9H2,1H3,(H,22,24). The number of oxazole rings is 1. The summed E-state index contributed by atoms with van der Waals surface area (Å²) in [4.78, 5) is 17.7. The van der Waals surface area contributed by atoms with Crippen molar-refractivity contribution in [2.45, 2.75) is 6.92 Å². The van der Waals surface area contributed by atoms with E-state index in [2.05, 4.69) is 10.3 Å². The van der Waals surface area contributed by atoms with Crippen molar-refractivity contribution in [1.29, 1.82) is 0 Å². The number of carbonyl (C=O) groups excluding carboxylic acids is 1. The Labute approximate surface area is 141 Å². The molecular formula is C17H14F3N3O2. The van der Waals surface area contributed by atoms with E-state index in [0.29, 0.717) is 17.6 Å². The van der Waals surface area contributed by atoms with Crippen LogP contribution in [0.5, 0.6) is 0 Å². The maximum atomic E-state index is 13.6. The van der Waals surface area contributed by atoms with Gasteiger partial charge < -0.3 is 14.6 Å². The molecule has 1 aromatic heterocycles. The molecule has 0 atom stereocenters. The summed E-state index contributed by atoms with van der Waals surface area (Å²) < 4.78 is 45.9. The quantitative estimate of drug-likeness (QED) is 0.763. The third kappa shape index (κ3) is 3.57. The van der Waals surface area contributed by atoms with Crippen LogP contribution >= 0.6 is 0 Å². The molecule has 0 aliphatic rings. The Bertz CT molecular complexity index is 906. The zero-order valence-corrected chi connectivity index (χ0v) is 13.2. The number of rotatable bonds is 5. The van der Waals surface area contributed by atoms with Crippen molar-refractivity contribution < 1.29 is 22.4 Å². The Hall–Kier alpha value is -3.03. The molecule has 0 fully saturated rings. The minimum atomic E-state index is -0.867. The van der Waals surface area contributed by atoms with E-state index in [1.54, 1.807) is 6.92 Å². The van der Waals surface area contributed by atoms with Crippen LogP contribution in [0, 0.1) is 17.5 Å². The van der Waals surface area contributed by atoms with Crippen molar-refractivity contribution in [2.75, 3.05) is 23.3 Å². The van der Waals surface area contributed by atoms with Gasteiger partial charge in [0.25, 0.3) is 6.01 Å². The summed E-state index contributed by atoms with van der Waals surface area (Å²) in [7, 11) is 0. The second-order valence-electron chi connectivity index (χ2n) is 5.27. The molecule has 0 spiro atoms. The number of nitrogens with zero attached hydrogens (tertiary/aromatic N) is 2. The number of aromatic nitrogens is 1. The molecule has 0 bridgehead atoms. The van der Waals surface area contributed by atoms with E-state index in [0.717, 1.165) is 12.1 Å². The molecular weight excluding hydrogens is 335 g/mol. The lowest BCUT2D eigenvalue weighted by Crippen LogP contribution is -2.33. The number of amides is 1. The van der Waals surface area contributed by atoms with Crippen LogP contribution in [-0.4, -0.2) is 24.0 Å². The van der Waals surface area contributed by atoms with Gasteiger partial charge in [-0.15, -0.1) is 0 Å². The molecule has 0 radical (unpaired) electrons. The maximum Gasteiger partial charge on any atom is 0.298 e. The van der Waals surface area contributed by atoms with Crippen molar-refractivity contribution in [3.05, 3.63) is 53.8 Å². The van der Waals surface area contributed by atoms with Gasteiger partial charge in [0, 0.05) is 12.6 Å². The molecule has 1 heterocycles. The summed E-state index contributed by atoms with van der Waals surface area (Å²) in [6, 6.07) is 7.30. The van der Waals surface area contributed by atoms with Crippen LogP contribution in [0.15, 0.2) is 40.8 Å². The van der Waals surface area contributed by atoms with Gasteiger partial charge in [-0.2, -0.15) is 4.98 Å². The van der Waals surface area contributed by atoms with Gasteiger partial charge in [0.15, 0.2) is 5.58 Å². The first-order valence-electron chi connectivity index (χ1n) is 7.53. The number of likely N-dealkylation sites (N-methyl/N-ethyl adjacent to an activating group) is 1. The number of carbonyl (C=O) groups is 1. The summed E-state index contributed by atoms with van der Waals surface area (Å²) >= 11 is 0. The number of nitrogens with one attached hydrogen (secondary N) is 1. The number of hydrogen-bond donors (Lipinski definition) is 1. The Morgan fingerprint density at radius 2 is 1.92 bits per heavy atom. The van der Waals surface area contributed by atoms with Gasteiger partial charge in [-0.3, -0.25) is 4.79 Å². The van der Waals surface area contributed by atoms with E-state index >= 15 is 0 Å². The van der Waals surface area contributed by atoms with Crippen LogP contribution in [0.25, 0.3) is 11.1 Å². The van der Waals surface area contributed by atoms with E-state index in [1.165, 1.54) is 29.2 Å². The highest BCUT2D eigenvalue weighted by atomic mass is 19.1. The second kappa shape index (κ2) is 6.84. The smallest absolute Gasteiger partial charge is 0.298 e. The number of anilines is 2. The molecule has 0 unspecified atom stereocenters. The molecule has 8 heteroatoms. The summed E-state index contributed by atoms with van der Waals surface area (Å²) in [5, 5.41) is 2.20. The minimum absolute atomic E-state index is 0.118. The minimum Gasteiger partial charge on any atom is -0.423 e. The summed E-state index contributed by atoms with van der Waals surface area (Å²) in [5.41, 5.74) is 0.174. The molecule has 1 N–H and O–H groups in total. The summed E-state index contributed by atoms with van der Waals surface area (Å²) in [6.07, 6.45) is 0. The first-order chi connectivity index (χ1) is 12.0. The lowest BCUT2D eigenvalue weighted by Gasteiger charge is -2.18. The van der Waals surface area contributed by atoms with Crippen LogP contribution in [0.2, 0.25) is 0 Å². The van der Waals surface area contributed by atoms with Crippen molar-refractivity contribution in [3.8, 4) is 0 Å². The Kier molecular flexibility index (Phi) is 4.60. The molecule has 1 amide bonds. The van der Waals surface area contributed by atoms with Gasteiger partial charge in [-0.25, -0.2) is 13.2 Å². The molecule has 130 valence electrons. The molecule has 3 aromatic rings. The zero-order valence-electron chi connectivity index (χ0n) is 13.2. The Balaban J connectivity index is 1.77. The number of fused-ring (bicyclic) bond motifs is 1. The Morgan fingerprint density at radius 3 is 2.60 bits per heavy atom. The topological polar surface area (TPSA) is 58.4 Å². The van der Waals surface area contributed by atoms with Gasteiger partial charge in [0.2, 0.25) is 5.91 Å². The number of para-hydroxylation sites is 1.